The molecule has 0 spiro atoms. The number of nitrogens with zero attached hydrogens (tertiary/aromatic N) is 4. The Kier molecular flexibility index (Phi) is 8.95. The molecule has 2 fully saturated rings. The summed E-state index contributed by atoms with van der Waals surface area (Å²) in [4.78, 5) is 15.7. The summed E-state index contributed by atoms with van der Waals surface area (Å²) in [5, 5.41) is 2.29. The predicted octanol–water partition coefficient (Wildman–Crippen LogP) is 8.26. The molecule has 2 aromatic carbocycles. The SMILES string of the molecule is CCc1cccc2cc(OCOC)cc(-c3ncc4c(N(C)C5C[C@H]5F)nc(OCC5(CO[Si](C)(C)C(C)(C)C)CC5)nc4c3F)c12. The Morgan fingerprint density at radius 2 is 1.83 bits per heavy atom. The highest BCUT2D eigenvalue weighted by atomic mass is 28.4. The molecule has 2 atom stereocenters. The Morgan fingerprint density at radius 1 is 1.09 bits per heavy atom. The van der Waals surface area contributed by atoms with Gasteiger partial charge in [-0.25, -0.2) is 8.78 Å². The van der Waals surface area contributed by atoms with E-state index in [1.54, 1.807) is 31.3 Å². The van der Waals surface area contributed by atoms with Crippen LogP contribution in [0.1, 0.15) is 52.5 Å². The lowest BCUT2D eigenvalue weighted by molar-refractivity contribution is 0.0512. The summed E-state index contributed by atoms with van der Waals surface area (Å²) < 4.78 is 54.9. The summed E-state index contributed by atoms with van der Waals surface area (Å²) >= 11 is 0. The molecule has 0 N–H and O–H groups in total. The highest BCUT2D eigenvalue weighted by Crippen LogP contribution is 2.48. The van der Waals surface area contributed by atoms with E-state index in [1.807, 2.05) is 24.3 Å². The van der Waals surface area contributed by atoms with Crippen molar-refractivity contribution in [3.63, 3.8) is 0 Å². The lowest BCUT2D eigenvalue weighted by Gasteiger charge is -2.37. The predicted molar refractivity (Wildman–Crippen MR) is 184 cm³/mol. The minimum absolute atomic E-state index is 0.0504. The third kappa shape index (κ3) is 6.67. The number of hydrogen-bond acceptors (Lipinski definition) is 8. The molecule has 252 valence electrons. The molecule has 4 aromatic rings. The van der Waals surface area contributed by atoms with Gasteiger partial charge in [-0.1, -0.05) is 45.9 Å². The molecule has 47 heavy (non-hydrogen) atoms. The maximum Gasteiger partial charge on any atom is 0.319 e. The van der Waals surface area contributed by atoms with Crippen LogP contribution < -0.4 is 14.4 Å². The number of pyridine rings is 1. The monoisotopic (exact) mass is 664 g/mol. The standard InChI is InChI=1S/C36H46F2N4O4Si/c1-9-22-11-10-12-23-15-24(45-21-43-6)16-25(29(22)23)31-30(38)32-26(18-39-31)33(42(5)28-17-27(28)37)41-34(40-32)44-19-36(13-14-36)20-46-47(7,8)35(2,3)4/h10-12,15-16,18,27-28H,9,13-14,17,19-21H2,1-8H3/t27-,28?/m1/s1. The minimum atomic E-state index is -1.94. The van der Waals surface area contributed by atoms with E-state index < -0.39 is 20.3 Å². The third-order valence-corrected chi connectivity index (χ3v) is 14.7. The Labute approximate surface area is 276 Å². The van der Waals surface area contributed by atoms with Crippen molar-refractivity contribution in [2.45, 2.75) is 83.7 Å². The molecule has 0 amide bonds. The lowest BCUT2D eigenvalue weighted by Crippen LogP contribution is -2.42. The third-order valence-electron chi connectivity index (χ3n) is 10.2. The van der Waals surface area contributed by atoms with Crippen LogP contribution in [-0.2, 0) is 15.6 Å². The van der Waals surface area contributed by atoms with Gasteiger partial charge in [-0.15, -0.1) is 0 Å². The average Bonchev–Trinajstić information content (AvgIpc) is 3.97. The fourth-order valence-corrected chi connectivity index (χ4v) is 6.80. The molecule has 2 aliphatic carbocycles. The van der Waals surface area contributed by atoms with Crippen LogP contribution >= 0.6 is 0 Å². The largest absolute Gasteiger partial charge is 0.468 e. The zero-order chi connectivity index (χ0) is 33.7. The van der Waals surface area contributed by atoms with E-state index in [-0.39, 0.29) is 40.5 Å². The van der Waals surface area contributed by atoms with Crippen LogP contribution in [0.25, 0.3) is 32.9 Å². The van der Waals surface area contributed by atoms with Crippen molar-refractivity contribution in [2.75, 3.05) is 39.1 Å². The molecule has 11 heteroatoms. The van der Waals surface area contributed by atoms with Crippen molar-refractivity contribution in [1.82, 2.24) is 15.0 Å². The molecule has 2 heterocycles. The Hall–Kier alpha value is -3.41. The molecule has 0 saturated heterocycles. The zero-order valence-electron chi connectivity index (χ0n) is 28.7. The Morgan fingerprint density at radius 3 is 2.47 bits per heavy atom. The van der Waals surface area contributed by atoms with E-state index in [4.69, 9.17) is 23.6 Å². The van der Waals surface area contributed by atoms with Crippen molar-refractivity contribution in [1.29, 1.82) is 0 Å². The maximum atomic E-state index is 16.9. The number of methoxy groups -OCH3 is 1. The van der Waals surface area contributed by atoms with Gasteiger partial charge in [0, 0.05) is 44.4 Å². The van der Waals surface area contributed by atoms with Crippen LogP contribution in [-0.4, -0.2) is 69.6 Å². The second-order valence-corrected chi connectivity index (χ2v) is 19.5. The molecule has 1 unspecified atom stereocenters. The van der Waals surface area contributed by atoms with E-state index in [0.29, 0.717) is 42.2 Å². The first-order valence-corrected chi connectivity index (χ1v) is 19.4. The van der Waals surface area contributed by atoms with Gasteiger partial charge in [0.1, 0.15) is 28.9 Å². The van der Waals surface area contributed by atoms with E-state index in [1.165, 1.54) is 0 Å². The van der Waals surface area contributed by atoms with E-state index in [2.05, 4.69) is 50.8 Å². The number of anilines is 1. The fourth-order valence-electron chi connectivity index (χ4n) is 5.70. The first kappa shape index (κ1) is 33.5. The summed E-state index contributed by atoms with van der Waals surface area (Å²) in [6.45, 7) is 14.2. The van der Waals surface area contributed by atoms with Crippen molar-refractivity contribution in [2.24, 2.45) is 5.41 Å². The number of alkyl halides is 1. The van der Waals surface area contributed by atoms with Crippen molar-refractivity contribution < 1.29 is 27.4 Å². The molecule has 2 saturated carbocycles. The summed E-state index contributed by atoms with van der Waals surface area (Å²) in [5.74, 6) is 0.329. The van der Waals surface area contributed by atoms with Gasteiger partial charge in [0.25, 0.3) is 0 Å². The van der Waals surface area contributed by atoms with Crippen LogP contribution in [0.2, 0.25) is 18.1 Å². The molecular weight excluding hydrogens is 619 g/mol. The van der Waals surface area contributed by atoms with Crippen molar-refractivity contribution in [3.8, 4) is 23.0 Å². The van der Waals surface area contributed by atoms with Gasteiger partial charge in [-0.05, 0) is 65.9 Å². The van der Waals surface area contributed by atoms with Crippen LogP contribution in [0.15, 0.2) is 36.5 Å². The molecule has 0 bridgehead atoms. The molecule has 0 aliphatic heterocycles. The Balaban J connectivity index is 1.41. The number of ether oxygens (including phenoxy) is 3. The van der Waals surface area contributed by atoms with Gasteiger partial charge in [0.05, 0.1) is 18.0 Å². The summed E-state index contributed by atoms with van der Waals surface area (Å²) in [6, 6.07) is 9.41. The first-order chi connectivity index (χ1) is 22.3. The van der Waals surface area contributed by atoms with Gasteiger partial charge in [0.2, 0.25) is 0 Å². The highest BCUT2D eigenvalue weighted by molar-refractivity contribution is 6.74. The Bertz CT molecular complexity index is 1790. The number of hydrogen-bond donors (Lipinski definition) is 0. The molecule has 2 aromatic heterocycles. The topological polar surface area (TPSA) is 78.8 Å². The molecule has 6 rings (SSSR count). The summed E-state index contributed by atoms with van der Waals surface area (Å²) in [7, 11) is 1.38. The number of rotatable bonds is 13. The number of aromatic nitrogens is 3. The number of aryl methyl sites for hydroxylation is 1. The van der Waals surface area contributed by atoms with Crippen LogP contribution in [0.3, 0.4) is 0 Å². The zero-order valence-corrected chi connectivity index (χ0v) is 29.7. The van der Waals surface area contributed by atoms with Crippen molar-refractivity contribution in [3.05, 3.63) is 47.9 Å². The highest BCUT2D eigenvalue weighted by Gasteiger charge is 2.47. The first-order valence-electron chi connectivity index (χ1n) is 16.4. The van der Waals surface area contributed by atoms with Crippen LogP contribution in [0, 0.1) is 11.2 Å². The minimum Gasteiger partial charge on any atom is -0.468 e. The van der Waals surface area contributed by atoms with Crippen LogP contribution in [0.4, 0.5) is 14.6 Å². The molecule has 0 radical (unpaired) electrons. The van der Waals surface area contributed by atoms with E-state index in [9.17, 15) is 4.39 Å². The second kappa shape index (κ2) is 12.6. The molecule has 8 nitrogen and oxygen atoms in total. The van der Waals surface area contributed by atoms with Gasteiger partial charge >= 0.3 is 6.01 Å². The van der Waals surface area contributed by atoms with Crippen molar-refractivity contribution >= 4 is 35.8 Å². The second-order valence-electron chi connectivity index (χ2n) is 14.7. The molecular formula is C36H46F2N4O4Si. The average molecular weight is 665 g/mol. The summed E-state index contributed by atoms with van der Waals surface area (Å²) in [5.41, 5.74) is 1.74. The smallest absolute Gasteiger partial charge is 0.319 e. The fraction of sp³-hybridized carbons (Fsp3) is 0.528. The van der Waals surface area contributed by atoms with Gasteiger partial charge in [-0.3, -0.25) is 4.98 Å². The normalized spacial score (nSPS) is 18.9. The van der Waals surface area contributed by atoms with Gasteiger partial charge in [0.15, 0.2) is 20.9 Å². The summed E-state index contributed by atoms with van der Waals surface area (Å²) in [6.07, 6.45) is 3.70. The van der Waals surface area contributed by atoms with Crippen LogP contribution in [0.5, 0.6) is 11.8 Å². The van der Waals surface area contributed by atoms with Gasteiger partial charge in [-0.2, -0.15) is 9.97 Å². The van der Waals surface area contributed by atoms with E-state index >= 15 is 4.39 Å². The number of fused-ring (bicyclic) bond motifs is 2. The number of halogens is 2. The quantitative estimate of drug-likeness (QED) is 0.104. The number of benzene rings is 2. The lowest BCUT2D eigenvalue weighted by atomic mass is 9.95. The maximum absolute atomic E-state index is 16.9. The van der Waals surface area contributed by atoms with E-state index in [0.717, 1.165) is 35.6 Å². The van der Waals surface area contributed by atoms with Gasteiger partial charge < -0.3 is 23.5 Å². The molecule has 2 aliphatic rings.